The number of nitrogens with zero attached hydrogens (tertiary/aromatic N) is 2. The number of hydrogen-bond donors (Lipinski definition) is 1. The van der Waals surface area contributed by atoms with Crippen LogP contribution in [0.4, 0.5) is 0 Å². The van der Waals surface area contributed by atoms with Crippen molar-refractivity contribution in [3.8, 4) is 0 Å². The predicted molar refractivity (Wildman–Crippen MR) is 160 cm³/mol. The minimum absolute atomic E-state index is 0.0127. The first-order valence-corrected chi connectivity index (χ1v) is 15.2. The summed E-state index contributed by atoms with van der Waals surface area (Å²) in [6.07, 6.45) is 6.21. The Bertz CT molecular complexity index is 1160. The highest BCUT2D eigenvalue weighted by molar-refractivity contribution is 6.34. The van der Waals surface area contributed by atoms with E-state index in [2.05, 4.69) is 48.8 Å². The van der Waals surface area contributed by atoms with Gasteiger partial charge in [-0.2, -0.15) is 0 Å². The maximum absolute atomic E-state index is 13.5. The normalized spacial score (nSPS) is 21.6. The van der Waals surface area contributed by atoms with Gasteiger partial charge >= 0.3 is 0 Å². The molecule has 2 amide bonds. The Morgan fingerprint density at radius 3 is 2.33 bits per heavy atom. The number of nitrogens with two attached hydrogens (primary N) is 1. The van der Waals surface area contributed by atoms with Crippen LogP contribution in [-0.2, 0) is 21.4 Å². The van der Waals surface area contributed by atoms with Crippen LogP contribution in [0.25, 0.3) is 0 Å². The number of piperidine rings is 2. The smallest absolute Gasteiger partial charge is 0.227 e. The zero-order valence-electron chi connectivity index (χ0n) is 23.6. The summed E-state index contributed by atoms with van der Waals surface area (Å²) in [6, 6.07) is 12.2. The molecule has 2 aliphatic rings. The lowest BCUT2D eigenvalue weighted by atomic mass is 9.70. The third-order valence-corrected chi connectivity index (χ3v) is 9.68. The van der Waals surface area contributed by atoms with Crippen LogP contribution in [0, 0.1) is 25.7 Å². The van der Waals surface area contributed by atoms with Gasteiger partial charge < -0.3 is 15.5 Å². The van der Waals surface area contributed by atoms with Gasteiger partial charge in [0.2, 0.25) is 11.8 Å². The highest BCUT2D eigenvalue weighted by Crippen LogP contribution is 2.39. The van der Waals surface area contributed by atoms with Crippen molar-refractivity contribution >= 4 is 35.0 Å². The van der Waals surface area contributed by atoms with Crippen LogP contribution in [0.15, 0.2) is 36.4 Å². The van der Waals surface area contributed by atoms with Crippen LogP contribution >= 0.6 is 23.2 Å². The Labute approximate surface area is 244 Å². The first-order valence-electron chi connectivity index (χ1n) is 14.4. The van der Waals surface area contributed by atoms with Crippen molar-refractivity contribution in [3.63, 3.8) is 0 Å². The second-order valence-electron chi connectivity index (χ2n) is 11.8. The summed E-state index contributed by atoms with van der Waals surface area (Å²) in [7, 11) is 0. The molecule has 0 spiro atoms. The van der Waals surface area contributed by atoms with Gasteiger partial charge in [0, 0.05) is 34.5 Å². The Morgan fingerprint density at radius 2 is 1.72 bits per heavy atom. The van der Waals surface area contributed by atoms with E-state index in [0.29, 0.717) is 22.4 Å². The van der Waals surface area contributed by atoms with E-state index in [1.165, 1.54) is 16.7 Å². The number of amides is 2. The second kappa shape index (κ2) is 13.1. The molecule has 2 N–H and O–H groups in total. The van der Waals surface area contributed by atoms with Gasteiger partial charge in [-0.3, -0.25) is 9.59 Å². The monoisotopic (exact) mass is 571 g/mol. The average Bonchev–Trinajstić information content (AvgIpc) is 2.89. The van der Waals surface area contributed by atoms with E-state index in [1.807, 2.05) is 12.1 Å². The molecule has 0 bridgehead atoms. The second-order valence-corrected chi connectivity index (χ2v) is 12.7. The molecule has 7 heteroatoms. The summed E-state index contributed by atoms with van der Waals surface area (Å²) < 4.78 is 0. The van der Waals surface area contributed by atoms with E-state index in [4.69, 9.17) is 28.9 Å². The summed E-state index contributed by atoms with van der Waals surface area (Å²) in [4.78, 5) is 30.0. The first-order chi connectivity index (χ1) is 18.6. The van der Waals surface area contributed by atoms with Crippen LogP contribution < -0.4 is 5.73 Å². The molecule has 2 aliphatic heterocycles. The third kappa shape index (κ3) is 7.36. The molecule has 2 atom stereocenters. The zero-order valence-corrected chi connectivity index (χ0v) is 25.2. The maximum Gasteiger partial charge on any atom is 0.227 e. The first kappa shape index (κ1) is 29.9. The molecule has 212 valence electrons. The zero-order chi connectivity index (χ0) is 28.2. The van der Waals surface area contributed by atoms with E-state index >= 15 is 0 Å². The van der Waals surface area contributed by atoms with Crippen molar-refractivity contribution in [1.29, 1.82) is 0 Å². The minimum Gasteiger partial charge on any atom is -0.369 e. The van der Waals surface area contributed by atoms with Crippen molar-refractivity contribution in [2.75, 3.05) is 32.7 Å². The lowest BCUT2D eigenvalue weighted by Gasteiger charge is -2.45. The molecule has 0 radical (unpaired) electrons. The summed E-state index contributed by atoms with van der Waals surface area (Å²) in [5.41, 5.74) is 10.4. The number of carbonyl (C=O) groups is 2. The number of benzene rings is 2. The number of carbonyl (C=O) groups excluding carboxylic acids is 2. The molecule has 2 aromatic rings. The van der Waals surface area contributed by atoms with Crippen LogP contribution in [0.3, 0.4) is 0 Å². The Morgan fingerprint density at radius 1 is 1.03 bits per heavy atom. The SMILES string of the molecule is CCC(C(N)=O)C1CCN(CCC2(c3ccc(C)c(C)c3)CCCN(C(=O)Cc3cc(Cl)cc(Cl)c3)C2)CC1. The molecule has 0 aromatic heterocycles. The van der Waals surface area contributed by atoms with Gasteiger partial charge in [0.25, 0.3) is 0 Å². The number of rotatable bonds is 9. The van der Waals surface area contributed by atoms with Crippen LogP contribution in [0.5, 0.6) is 0 Å². The van der Waals surface area contributed by atoms with Crippen molar-refractivity contribution < 1.29 is 9.59 Å². The highest BCUT2D eigenvalue weighted by atomic mass is 35.5. The molecule has 5 nitrogen and oxygen atoms in total. The van der Waals surface area contributed by atoms with Crippen molar-refractivity contribution in [2.24, 2.45) is 17.6 Å². The van der Waals surface area contributed by atoms with E-state index in [-0.39, 0.29) is 23.1 Å². The topological polar surface area (TPSA) is 66.6 Å². The summed E-state index contributed by atoms with van der Waals surface area (Å²) in [5, 5.41) is 1.11. The summed E-state index contributed by atoms with van der Waals surface area (Å²) >= 11 is 12.4. The van der Waals surface area contributed by atoms with Gasteiger partial charge in [-0.1, -0.05) is 48.3 Å². The molecular weight excluding hydrogens is 529 g/mol. The third-order valence-electron chi connectivity index (χ3n) is 9.24. The van der Waals surface area contributed by atoms with Crippen molar-refractivity contribution in [2.45, 2.75) is 71.1 Å². The van der Waals surface area contributed by atoms with Gasteiger partial charge in [-0.05, 0) is 118 Å². The van der Waals surface area contributed by atoms with Gasteiger partial charge in [0.1, 0.15) is 0 Å². The molecule has 4 rings (SSSR count). The van der Waals surface area contributed by atoms with Gasteiger partial charge in [0.15, 0.2) is 0 Å². The number of hydrogen-bond acceptors (Lipinski definition) is 3. The lowest BCUT2D eigenvalue weighted by molar-refractivity contribution is -0.133. The number of primary amides is 1. The fourth-order valence-corrected chi connectivity index (χ4v) is 7.29. The minimum atomic E-state index is -0.156. The lowest BCUT2D eigenvalue weighted by Crippen LogP contribution is -2.50. The molecule has 2 unspecified atom stereocenters. The van der Waals surface area contributed by atoms with Crippen LogP contribution in [0.2, 0.25) is 10.0 Å². The van der Waals surface area contributed by atoms with E-state index in [0.717, 1.165) is 76.8 Å². The molecule has 0 saturated carbocycles. The largest absolute Gasteiger partial charge is 0.369 e. The summed E-state index contributed by atoms with van der Waals surface area (Å²) in [5.74, 6) is 0.345. The fourth-order valence-electron chi connectivity index (χ4n) is 6.72. The standard InChI is InChI=1S/C32H43Cl2N3O2/c1-4-29(31(35)39)25-8-13-36(14-9-25)15-11-32(26-7-6-22(2)23(3)16-26)10-5-12-37(21-32)30(38)19-24-17-27(33)20-28(34)18-24/h6-7,16-18,20,25,29H,4-5,8-15,19,21H2,1-3H3,(H2,35,39). The fraction of sp³-hybridized carbons (Fsp3) is 0.562. The molecule has 2 fully saturated rings. The number of halogens is 2. The van der Waals surface area contributed by atoms with Gasteiger partial charge in [0.05, 0.1) is 6.42 Å². The molecule has 0 aliphatic carbocycles. The highest BCUT2D eigenvalue weighted by Gasteiger charge is 2.39. The van der Waals surface area contributed by atoms with E-state index in [9.17, 15) is 9.59 Å². The number of likely N-dealkylation sites (tertiary alicyclic amines) is 2. The van der Waals surface area contributed by atoms with E-state index in [1.54, 1.807) is 6.07 Å². The Balaban J connectivity index is 1.49. The average molecular weight is 573 g/mol. The predicted octanol–water partition coefficient (Wildman–Crippen LogP) is 6.33. The number of aryl methyl sites for hydroxylation is 2. The van der Waals surface area contributed by atoms with Gasteiger partial charge in [-0.15, -0.1) is 0 Å². The van der Waals surface area contributed by atoms with Crippen molar-refractivity contribution in [3.05, 3.63) is 68.7 Å². The summed E-state index contributed by atoms with van der Waals surface area (Å²) in [6.45, 7) is 10.9. The molecule has 2 aromatic carbocycles. The Kier molecular flexibility index (Phi) is 10.0. The quantitative estimate of drug-likeness (QED) is 0.382. The molecular formula is C32H43Cl2N3O2. The maximum atomic E-state index is 13.5. The van der Waals surface area contributed by atoms with Crippen LogP contribution in [0.1, 0.15) is 67.7 Å². The molecule has 2 saturated heterocycles. The molecule has 2 heterocycles. The van der Waals surface area contributed by atoms with E-state index < -0.39 is 0 Å². The Hall–Kier alpha value is -2.08. The molecule has 39 heavy (non-hydrogen) atoms. The van der Waals surface area contributed by atoms with Crippen LogP contribution in [-0.4, -0.2) is 54.3 Å². The van der Waals surface area contributed by atoms with Crippen molar-refractivity contribution in [1.82, 2.24) is 9.80 Å². The van der Waals surface area contributed by atoms with Gasteiger partial charge in [-0.25, -0.2) is 0 Å².